The number of nitrogens with one attached hydrogen (secondary N) is 1. The fourth-order valence-corrected chi connectivity index (χ4v) is 2.78. The lowest BCUT2D eigenvalue weighted by Gasteiger charge is -2.21. The van der Waals surface area contributed by atoms with E-state index in [2.05, 4.69) is 25.2 Å². The highest BCUT2D eigenvalue weighted by molar-refractivity contribution is 7.99. The lowest BCUT2D eigenvalue weighted by atomic mass is 10.1. The van der Waals surface area contributed by atoms with Crippen LogP contribution in [0.1, 0.15) is 31.9 Å². The first-order chi connectivity index (χ1) is 9.99. The molecule has 2 N–H and O–H groups in total. The molecule has 21 heavy (non-hydrogen) atoms. The Kier molecular flexibility index (Phi) is 7.61. The van der Waals surface area contributed by atoms with Gasteiger partial charge in [0.2, 0.25) is 0 Å². The molecule has 2 amide bonds. The van der Waals surface area contributed by atoms with E-state index in [-0.39, 0.29) is 12.6 Å². The molecule has 0 unspecified atom stereocenters. The number of thioether (sulfide) groups is 1. The van der Waals surface area contributed by atoms with Crippen molar-refractivity contribution < 1.29 is 9.90 Å². The van der Waals surface area contributed by atoms with Crippen LogP contribution in [0.15, 0.2) is 18.2 Å². The third-order valence-corrected chi connectivity index (χ3v) is 4.44. The van der Waals surface area contributed by atoms with Crippen LogP contribution in [0.4, 0.5) is 10.5 Å². The van der Waals surface area contributed by atoms with Gasteiger partial charge in [-0.2, -0.15) is 11.8 Å². The lowest BCUT2D eigenvalue weighted by Crippen LogP contribution is -2.37. The molecule has 0 spiro atoms. The van der Waals surface area contributed by atoms with Crippen LogP contribution in [-0.2, 0) is 5.75 Å². The van der Waals surface area contributed by atoms with E-state index in [1.807, 2.05) is 37.7 Å². The van der Waals surface area contributed by atoms with Gasteiger partial charge in [0.05, 0.1) is 6.61 Å². The van der Waals surface area contributed by atoms with E-state index in [1.165, 1.54) is 5.56 Å². The average Bonchev–Trinajstić information content (AvgIpc) is 2.45. The normalized spacial score (nSPS) is 10.8. The highest BCUT2D eigenvalue weighted by Gasteiger charge is 2.13. The zero-order valence-electron chi connectivity index (χ0n) is 13.3. The first kappa shape index (κ1) is 17.9. The number of aliphatic hydroxyl groups is 1. The van der Waals surface area contributed by atoms with Crippen LogP contribution in [0.5, 0.6) is 0 Å². The molecule has 0 heterocycles. The van der Waals surface area contributed by atoms with Gasteiger partial charge in [-0.1, -0.05) is 26.0 Å². The number of carbonyl (C=O) groups excluding carboxylic acids is 1. The molecule has 0 aliphatic carbocycles. The monoisotopic (exact) mass is 310 g/mol. The van der Waals surface area contributed by atoms with Crippen LogP contribution in [0.3, 0.4) is 0 Å². The predicted molar refractivity (Wildman–Crippen MR) is 91.0 cm³/mol. The molecule has 118 valence electrons. The average molecular weight is 310 g/mol. The Hall–Kier alpha value is -1.20. The van der Waals surface area contributed by atoms with Crippen molar-refractivity contribution in [2.24, 2.45) is 0 Å². The summed E-state index contributed by atoms with van der Waals surface area (Å²) in [5, 5.41) is 12.5. The number of hydrogen-bond acceptors (Lipinski definition) is 3. The summed E-state index contributed by atoms with van der Waals surface area (Å²) in [6.07, 6.45) is 0. The molecule has 0 radical (unpaired) electrons. The standard InChI is InChI=1S/C16H26N2O2S/c1-5-18(9-10-19)16(20)17-15-8-6-7-14(13(15)4)11-21-12(2)3/h6-8,12,19H,5,9-11H2,1-4H3,(H,17,20). The zero-order valence-corrected chi connectivity index (χ0v) is 14.2. The highest BCUT2D eigenvalue weighted by Crippen LogP contribution is 2.25. The minimum absolute atomic E-state index is 0.0225. The maximum atomic E-state index is 12.2. The summed E-state index contributed by atoms with van der Waals surface area (Å²) in [5.41, 5.74) is 3.20. The van der Waals surface area contributed by atoms with E-state index in [0.717, 1.165) is 17.0 Å². The second kappa shape index (κ2) is 8.95. The summed E-state index contributed by atoms with van der Waals surface area (Å²) in [4.78, 5) is 13.8. The Labute approximate surface area is 131 Å². The molecule has 1 rings (SSSR count). The smallest absolute Gasteiger partial charge is 0.321 e. The number of aliphatic hydroxyl groups excluding tert-OH is 1. The van der Waals surface area contributed by atoms with E-state index in [4.69, 9.17) is 5.11 Å². The second-order valence-electron chi connectivity index (χ2n) is 5.18. The van der Waals surface area contributed by atoms with Gasteiger partial charge in [-0.25, -0.2) is 4.79 Å². The van der Waals surface area contributed by atoms with Crippen molar-refractivity contribution in [3.05, 3.63) is 29.3 Å². The second-order valence-corrected chi connectivity index (χ2v) is 6.75. The third-order valence-electron chi connectivity index (χ3n) is 3.30. The van der Waals surface area contributed by atoms with Crippen LogP contribution in [0.2, 0.25) is 0 Å². The molecular formula is C16H26N2O2S. The summed E-state index contributed by atoms with van der Waals surface area (Å²) in [7, 11) is 0. The van der Waals surface area contributed by atoms with Gasteiger partial charge in [0, 0.05) is 24.5 Å². The minimum Gasteiger partial charge on any atom is -0.395 e. The summed E-state index contributed by atoms with van der Waals surface area (Å²) < 4.78 is 0. The fourth-order valence-electron chi connectivity index (χ4n) is 1.95. The van der Waals surface area contributed by atoms with Crippen molar-refractivity contribution >= 4 is 23.5 Å². The fraction of sp³-hybridized carbons (Fsp3) is 0.562. The third kappa shape index (κ3) is 5.59. The van der Waals surface area contributed by atoms with Gasteiger partial charge >= 0.3 is 6.03 Å². The van der Waals surface area contributed by atoms with Gasteiger partial charge in [-0.15, -0.1) is 0 Å². The number of amides is 2. The van der Waals surface area contributed by atoms with Crippen molar-refractivity contribution in [1.82, 2.24) is 4.90 Å². The molecular weight excluding hydrogens is 284 g/mol. The largest absolute Gasteiger partial charge is 0.395 e. The molecule has 0 aliphatic rings. The Bertz CT molecular complexity index is 464. The molecule has 0 atom stereocenters. The van der Waals surface area contributed by atoms with Gasteiger partial charge in [0.25, 0.3) is 0 Å². The number of likely N-dealkylation sites (N-methyl/N-ethyl adjacent to an activating group) is 1. The molecule has 1 aromatic carbocycles. The molecule has 0 fully saturated rings. The lowest BCUT2D eigenvalue weighted by molar-refractivity contribution is 0.192. The summed E-state index contributed by atoms with van der Waals surface area (Å²) in [6, 6.07) is 5.83. The van der Waals surface area contributed by atoms with Crippen molar-refractivity contribution in [1.29, 1.82) is 0 Å². The van der Waals surface area contributed by atoms with Crippen molar-refractivity contribution in [3.63, 3.8) is 0 Å². The van der Waals surface area contributed by atoms with Crippen LogP contribution in [0.25, 0.3) is 0 Å². The van der Waals surface area contributed by atoms with Crippen LogP contribution in [-0.4, -0.2) is 41.0 Å². The van der Waals surface area contributed by atoms with Crippen molar-refractivity contribution in [3.8, 4) is 0 Å². The summed E-state index contributed by atoms with van der Waals surface area (Å²) in [5.74, 6) is 0.946. The summed E-state index contributed by atoms with van der Waals surface area (Å²) >= 11 is 1.89. The topological polar surface area (TPSA) is 52.6 Å². The minimum atomic E-state index is -0.164. The van der Waals surface area contributed by atoms with Crippen LogP contribution in [0, 0.1) is 6.92 Å². The Morgan fingerprint density at radius 2 is 2.14 bits per heavy atom. The maximum Gasteiger partial charge on any atom is 0.321 e. The number of hydrogen-bond donors (Lipinski definition) is 2. The Morgan fingerprint density at radius 3 is 2.71 bits per heavy atom. The number of nitrogens with zero attached hydrogens (tertiary/aromatic N) is 1. The number of rotatable bonds is 7. The van der Waals surface area contributed by atoms with Gasteiger partial charge in [-0.3, -0.25) is 0 Å². The van der Waals surface area contributed by atoms with E-state index in [0.29, 0.717) is 18.3 Å². The number of anilines is 1. The maximum absolute atomic E-state index is 12.2. The quantitative estimate of drug-likeness (QED) is 0.810. The number of urea groups is 1. The molecule has 0 saturated heterocycles. The van der Waals surface area contributed by atoms with E-state index >= 15 is 0 Å². The first-order valence-corrected chi connectivity index (χ1v) is 8.41. The zero-order chi connectivity index (χ0) is 15.8. The summed E-state index contributed by atoms with van der Waals surface area (Å²) in [6.45, 7) is 9.20. The van der Waals surface area contributed by atoms with Gasteiger partial charge in [-0.05, 0) is 36.3 Å². The number of benzene rings is 1. The molecule has 1 aromatic rings. The molecule has 0 bridgehead atoms. The molecule has 0 aromatic heterocycles. The SMILES string of the molecule is CCN(CCO)C(=O)Nc1cccc(CSC(C)C)c1C. The first-order valence-electron chi connectivity index (χ1n) is 7.36. The van der Waals surface area contributed by atoms with Crippen LogP contribution < -0.4 is 5.32 Å². The van der Waals surface area contributed by atoms with Gasteiger partial charge in [0.15, 0.2) is 0 Å². The van der Waals surface area contributed by atoms with Gasteiger partial charge in [0.1, 0.15) is 0 Å². The molecule has 4 nitrogen and oxygen atoms in total. The predicted octanol–water partition coefficient (Wildman–Crippen LogP) is 3.48. The molecule has 0 saturated carbocycles. The van der Waals surface area contributed by atoms with Crippen molar-refractivity contribution in [2.45, 2.75) is 38.7 Å². The Balaban J connectivity index is 2.79. The highest BCUT2D eigenvalue weighted by atomic mass is 32.2. The van der Waals surface area contributed by atoms with Crippen LogP contribution >= 0.6 is 11.8 Å². The van der Waals surface area contributed by atoms with E-state index < -0.39 is 0 Å². The number of carbonyl (C=O) groups is 1. The Morgan fingerprint density at radius 1 is 1.43 bits per heavy atom. The molecule has 5 heteroatoms. The molecule has 0 aliphatic heterocycles. The van der Waals surface area contributed by atoms with Crippen molar-refractivity contribution in [2.75, 3.05) is 25.0 Å². The van der Waals surface area contributed by atoms with E-state index in [9.17, 15) is 4.79 Å². The van der Waals surface area contributed by atoms with Gasteiger partial charge < -0.3 is 15.3 Å². The van der Waals surface area contributed by atoms with E-state index in [1.54, 1.807) is 4.90 Å².